The molecule has 1 aromatic heterocycles. The van der Waals surface area contributed by atoms with Crippen LogP contribution in [0.1, 0.15) is 23.3 Å². The monoisotopic (exact) mass is 308 g/mol. The van der Waals surface area contributed by atoms with E-state index in [1.54, 1.807) is 11.3 Å². The molecule has 6 heteroatoms. The number of amides is 1. The molecule has 3 rings (SSSR count). The molecule has 0 radical (unpaired) electrons. The Bertz CT molecular complexity index is 543. The lowest BCUT2D eigenvalue weighted by Gasteiger charge is -2.28. The highest BCUT2D eigenvalue weighted by Crippen LogP contribution is 2.25. The molecule has 2 aliphatic rings. The second-order valence-corrected chi connectivity index (χ2v) is 6.92. The molecule has 1 atom stereocenters. The first kappa shape index (κ1) is 14.5. The second kappa shape index (κ2) is 6.15. The van der Waals surface area contributed by atoms with Crippen molar-refractivity contribution in [2.24, 2.45) is 5.92 Å². The molecule has 0 saturated carbocycles. The first-order chi connectivity index (χ1) is 10.1. The van der Waals surface area contributed by atoms with Gasteiger partial charge in [-0.05, 0) is 42.3 Å². The summed E-state index contributed by atoms with van der Waals surface area (Å²) >= 11 is 1.77. The number of thiophene rings is 1. The summed E-state index contributed by atoms with van der Waals surface area (Å²) in [6, 6.07) is 2.11. The van der Waals surface area contributed by atoms with Crippen molar-refractivity contribution in [1.29, 1.82) is 0 Å². The SMILES string of the molecule is O=C(O)CC1CCN(CC(=O)N2CCc3sccc3C2)C1. The molecule has 0 aliphatic carbocycles. The molecule has 0 spiro atoms. The van der Waals surface area contributed by atoms with Gasteiger partial charge in [0.05, 0.1) is 6.54 Å². The molecule has 114 valence electrons. The molecule has 1 aromatic rings. The lowest BCUT2D eigenvalue weighted by Crippen LogP contribution is -2.41. The van der Waals surface area contributed by atoms with Crippen LogP contribution in [0.25, 0.3) is 0 Å². The number of likely N-dealkylation sites (tertiary alicyclic amines) is 1. The minimum Gasteiger partial charge on any atom is -0.481 e. The van der Waals surface area contributed by atoms with E-state index in [0.29, 0.717) is 6.54 Å². The Balaban J connectivity index is 1.50. The average molecular weight is 308 g/mol. The van der Waals surface area contributed by atoms with Crippen molar-refractivity contribution in [3.05, 3.63) is 21.9 Å². The van der Waals surface area contributed by atoms with Crippen LogP contribution >= 0.6 is 11.3 Å². The van der Waals surface area contributed by atoms with Crippen molar-refractivity contribution in [3.63, 3.8) is 0 Å². The van der Waals surface area contributed by atoms with Crippen LogP contribution in [0, 0.1) is 5.92 Å². The van der Waals surface area contributed by atoms with Crippen LogP contribution in [-0.4, -0.2) is 53.0 Å². The summed E-state index contributed by atoms with van der Waals surface area (Å²) < 4.78 is 0. The van der Waals surface area contributed by atoms with E-state index >= 15 is 0 Å². The Labute approximate surface area is 128 Å². The van der Waals surface area contributed by atoms with Gasteiger partial charge in [0.1, 0.15) is 0 Å². The van der Waals surface area contributed by atoms with Gasteiger partial charge in [0.25, 0.3) is 0 Å². The number of carbonyl (C=O) groups is 2. The van der Waals surface area contributed by atoms with Crippen LogP contribution in [0.2, 0.25) is 0 Å². The number of aliphatic carboxylic acids is 1. The van der Waals surface area contributed by atoms with Crippen molar-refractivity contribution < 1.29 is 14.7 Å². The molecule has 5 nitrogen and oxygen atoms in total. The van der Waals surface area contributed by atoms with Gasteiger partial charge in [-0.25, -0.2) is 0 Å². The zero-order chi connectivity index (χ0) is 14.8. The van der Waals surface area contributed by atoms with E-state index in [1.165, 1.54) is 10.4 Å². The van der Waals surface area contributed by atoms with E-state index in [9.17, 15) is 9.59 Å². The van der Waals surface area contributed by atoms with Gasteiger partial charge in [0.15, 0.2) is 0 Å². The fourth-order valence-electron chi connectivity index (χ4n) is 3.22. The molecule has 0 bridgehead atoms. The number of carboxylic acid groups (broad SMARTS) is 1. The summed E-state index contributed by atoms with van der Waals surface area (Å²) in [6.45, 7) is 3.52. The third kappa shape index (κ3) is 3.44. The fraction of sp³-hybridized carbons (Fsp3) is 0.600. The van der Waals surface area contributed by atoms with E-state index < -0.39 is 5.97 Å². The average Bonchev–Trinajstić information content (AvgIpc) is 3.06. The molecule has 1 unspecified atom stereocenters. The van der Waals surface area contributed by atoms with Crippen LogP contribution in [0.15, 0.2) is 11.4 Å². The van der Waals surface area contributed by atoms with Gasteiger partial charge in [-0.1, -0.05) is 0 Å². The first-order valence-corrected chi connectivity index (χ1v) is 8.27. The van der Waals surface area contributed by atoms with Gasteiger partial charge in [-0.3, -0.25) is 14.5 Å². The summed E-state index contributed by atoms with van der Waals surface area (Å²) in [7, 11) is 0. The smallest absolute Gasteiger partial charge is 0.303 e. The maximum Gasteiger partial charge on any atom is 0.303 e. The van der Waals surface area contributed by atoms with Crippen molar-refractivity contribution >= 4 is 23.2 Å². The summed E-state index contributed by atoms with van der Waals surface area (Å²) in [5.74, 6) is -0.378. The van der Waals surface area contributed by atoms with Gasteiger partial charge in [0, 0.05) is 30.9 Å². The van der Waals surface area contributed by atoms with Crippen molar-refractivity contribution in [2.75, 3.05) is 26.2 Å². The Hall–Kier alpha value is -1.40. The van der Waals surface area contributed by atoms with Crippen LogP contribution in [0.5, 0.6) is 0 Å². The molecule has 2 aliphatic heterocycles. The van der Waals surface area contributed by atoms with Crippen LogP contribution < -0.4 is 0 Å². The maximum atomic E-state index is 12.4. The van der Waals surface area contributed by atoms with Gasteiger partial charge in [-0.15, -0.1) is 11.3 Å². The largest absolute Gasteiger partial charge is 0.481 e. The lowest BCUT2D eigenvalue weighted by atomic mass is 10.1. The van der Waals surface area contributed by atoms with Gasteiger partial charge >= 0.3 is 5.97 Å². The number of rotatable bonds is 4. The zero-order valence-electron chi connectivity index (χ0n) is 12.0. The molecular formula is C15H20N2O3S. The van der Waals surface area contributed by atoms with Crippen LogP contribution in [0.3, 0.4) is 0 Å². The van der Waals surface area contributed by atoms with E-state index in [4.69, 9.17) is 5.11 Å². The van der Waals surface area contributed by atoms with Gasteiger partial charge in [0.2, 0.25) is 5.91 Å². The highest BCUT2D eigenvalue weighted by Gasteiger charge is 2.28. The summed E-state index contributed by atoms with van der Waals surface area (Å²) in [4.78, 5) is 28.5. The number of carbonyl (C=O) groups excluding carboxylic acids is 1. The lowest BCUT2D eigenvalue weighted by molar-refractivity contribution is -0.138. The Morgan fingerprint density at radius 3 is 3.05 bits per heavy atom. The number of carboxylic acids is 1. The molecule has 0 aromatic carbocycles. The van der Waals surface area contributed by atoms with Crippen LogP contribution in [-0.2, 0) is 22.6 Å². The maximum absolute atomic E-state index is 12.4. The molecule has 1 amide bonds. The quantitative estimate of drug-likeness (QED) is 0.914. The van der Waals surface area contributed by atoms with Crippen molar-refractivity contribution in [3.8, 4) is 0 Å². The molecule has 21 heavy (non-hydrogen) atoms. The predicted octanol–water partition coefficient (Wildman–Crippen LogP) is 1.43. The predicted molar refractivity (Wildman–Crippen MR) is 80.2 cm³/mol. The van der Waals surface area contributed by atoms with E-state index in [-0.39, 0.29) is 18.2 Å². The van der Waals surface area contributed by atoms with Crippen molar-refractivity contribution in [2.45, 2.75) is 25.8 Å². The standard InChI is InChI=1S/C15H20N2O3S/c18-14(10-16-4-1-11(8-16)7-15(19)20)17-5-2-13-12(9-17)3-6-21-13/h3,6,11H,1-2,4-5,7-10H2,(H,19,20). The third-order valence-electron chi connectivity index (χ3n) is 4.35. The van der Waals surface area contributed by atoms with Gasteiger partial charge in [-0.2, -0.15) is 0 Å². The van der Waals surface area contributed by atoms with Crippen molar-refractivity contribution in [1.82, 2.24) is 9.80 Å². The normalized spacial score (nSPS) is 22.3. The summed E-state index contributed by atoms with van der Waals surface area (Å²) in [6.07, 6.45) is 2.06. The molecule has 3 heterocycles. The van der Waals surface area contributed by atoms with Gasteiger partial charge < -0.3 is 10.0 Å². The Morgan fingerprint density at radius 1 is 1.38 bits per heavy atom. The van der Waals surface area contributed by atoms with E-state index in [2.05, 4.69) is 16.3 Å². The highest BCUT2D eigenvalue weighted by molar-refractivity contribution is 7.10. The topological polar surface area (TPSA) is 60.9 Å². The molecular weight excluding hydrogens is 288 g/mol. The fourth-order valence-corrected chi connectivity index (χ4v) is 4.11. The Morgan fingerprint density at radius 2 is 2.24 bits per heavy atom. The van der Waals surface area contributed by atoms with E-state index in [1.807, 2.05) is 4.90 Å². The summed E-state index contributed by atoms with van der Waals surface area (Å²) in [5.41, 5.74) is 1.28. The highest BCUT2D eigenvalue weighted by atomic mass is 32.1. The first-order valence-electron chi connectivity index (χ1n) is 7.39. The summed E-state index contributed by atoms with van der Waals surface area (Å²) in [5, 5.41) is 10.9. The van der Waals surface area contributed by atoms with Crippen LogP contribution in [0.4, 0.5) is 0 Å². The zero-order valence-corrected chi connectivity index (χ0v) is 12.8. The molecule has 1 fully saturated rings. The number of fused-ring (bicyclic) bond motifs is 1. The number of nitrogens with zero attached hydrogens (tertiary/aromatic N) is 2. The number of hydrogen-bond donors (Lipinski definition) is 1. The minimum absolute atomic E-state index is 0.169. The third-order valence-corrected chi connectivity index (χ3v) is 5.38. The second-order valence-electron chi connectivity index (χ2n) is 5.92. The molecule has 1 saturated heterocycles. The molecule has 1 N–H and O–H groups in total. The Kier molecular flexibility index (Phi) is 4.26. The van der Waals surface area contributed by atoms with E-state index in [0.717, 1.165) is 39.0 Å². The number of hydrogen-bond acceptors (Lipinski definition) is 4. The minimum atomic E-state index is -0.741.